The van der Waals surface area contributed by atoms with E-state index in [4.69, 9.17) is 0 Å². The Morgan fingerprint density at radius 1 is 1.54 bits per heavy atom. The SMILES string of the molecule is CC1CCNc2c(Br)ccc(I)c21. The summed E-state index contributed by atoms with van der Waals surface area (Å²) in [5.74, 6) is 0.681. The van der Waals surface area contributed by atoms with Crippen molar-refractivity contribution in [1.29, 1.82) is 0 Å². The maximum atomic E-state index is 3.58. The lowest BCUT2D eigenvalue weighted by molar-refractivity contribution is 0.679. The van der Waals surface area contributed by atoms with Crippen molar-refractivity contribution in [3.8, 4) is 0 Å². The Bertz CT molecular complexity index is 338. The Morgan fingerprint density at radius 2 is 2.31 bits per heavy atom. The average Bonchev–Trinajstić information content (AvgIpc) is 2.12. The molecule has 1 atom stereocenters. The first-order chi connectivity index (χ1) is 6.20. The molecule has 3 heteroatoms. The number of rotatable bonds is 0. The Hall–Kier alpha value is 0.230. The Labute approximate surface area is 101 Å². The molecule has 0 spiro atoms. The van der Waals surface area contributed by atoms with Crippen molar-refractivity contribution in [1.82, 2.24) is 0 Å². The summed E-state index contributed by atoms with van der Waals surface area (Å²) >= 11 is 5.99. The smallest absolute Gasteiger partial charge is 0.0530 e. The molecule has 0 saturated carbocycles. The molecule has 1 aromatic carbocycles. The highest BCUT2D eigenvalue weighted by Crippen LogP contribution is 2.39. The number of anilines is 1. The normalized spacial score (nSPS) is 20.7. The summed E-state index contributed by atoms with van der Waals surface area (Å²) in [5.41, 5.74) is 2.77. The highest BCUT2D eigenvalue weighted by molar-refractivity contribution is 14.1. The zero-order valence-electron chi connectivity index (χ0n) is 7.40. The molecule has 0 bridgehead atoms. The summed E-state index contributed by atoms with van der Waals surface area (Å²) in [6.45, 7) is 3.39. The van der Waals surface area contributed by atoms with Gasteiger partial charge in [-0.05, 0) is 68.6 Å². The van der Waals surface area contributed by atoms with Crippen LogP contribution in [0.4, 0.5) is 5.69 Å². The number of fused-ring (bicyclic) bond motifs is 1. The molecular weight excluding hydrogens is 341 g/mol. The van der Waals surface area contributed by atoms with Crippen LogP contribution in [0.25, 0.3) is 0 Å². The van der Waals surface area contributed by atoms with Gasteiger partial charge in [0.25, 0.3) is 0 Å². The lowest BCUT2D eigenvalue weighted by Gasteiger charge is -2.26. The largest absolute Gasteiger partial charge is 0.384 e. The molecule has 1 aliphatic heterocycles. The van der Waals surface area contributed by atoms with Crippen molar-refractivity contribution in [3.63, 3.8) is 0 Å². The van der Waals surface area contributed by atoms with Gasteiger partial charge >= 0.3 is 0 Å². The second kappa shape index (κ2) is 3.77. The van der Waals surface area contributed by atoms with E-state index in [1.807, 2.05) is 0 Å². The number of halogens is 2. The average molecular weight is 352 g/mol. The van der Waals surface area contributed by atoms with E-state index in [-0.39, 0.29) is 0 Å². The van der Waals surface area contributed by atoms with Gasteiger partial charge in [0, 0.05) is 14.6 Å². The van der Waals surface area contributed by atoms with Crippen molar-refractivity contribution in [3.05, 3.63) is 25.7 Å². The third kappa shape index (κ3) is 1.73. The van der Waals surface area contributed by atoms with E-state index in [0.717, 1.165) is 6.54 Å². The number of hydrogen-bond donors (Lipinski definition) is 1. The van der Waals surface area contributed by atoms with Gasteiger partial charge in [0.2, 0.25) is 0 Å². The van der Waals surface area contributed by atoms with Gasteiger partial charge in [0.15, 0.2) is 0 Å². The van der Waals surface area contributed by atoms with E-state index in [1.165, 1.54) is 25.7 Å². The van der Waals surface area contributed by atoms with Gasteiger partial charge in [0.1, 0.15) is 0 Å². The first kappa shape index (κ1) is 9.77. The lowest BCUT2D eigenvalue weighted by atomic mass is 9.93. The van der Waals surface area contributed by atoms with Gasteiger partial charge in [-0.2, -0.15) is 0 Å². The van der Waals surface area contributed by atoms with Gasteiger partial charge in [-0.25, -0.2) is 0 Å². The number of benzene rings is 1. The second-order valence-corrected chi connectivity index (χ2v) is 5.45. The van der Waals surface area contributed by atoms with E-state index in [2.05, 4.69) is 62.9 Å². The Kier molecular flexibility index (Phi) is 2.83. The van der Waals surface area contributed by atoms with Gasteiger partial charge < -0.3 is 5.32 Å². The highest BCUT2D eigenvalue weighted by atomic mass is 127. The minimum absolute atomic E-state index is 0.681. The van der Waals surface area contributed by atoms with E-state index < -0.39 is 0 Å². The molecule has 1 heterocycles. The third-order valence-corrected chi connectivity index (χ3v) is 4.11. The molecule has 0 radical (unpaired) electrons. The second-order valence-electron chi connectivity index (χ2n) is 3.43. The molecular formula is C10H11BrIN. The van der Waals surface area contributed by atoms with Crippen LogP contribution in [0.3, 0.4) is 0 Å². The number of hydrogen-bond acceptors (Lipinski definition) is 1. The third-order valence-electron chi connectivity index (χ3n) is 2.51. The predicted octanol–water partition coefficient (Wildman–Crippen LogP) is 3.97. The fraction of sp³-hybridized carbons (Fsp3) is 0.400. The van der Waals surface area contributed by atoms with Crippen LogP contribution in [0, 0.1) is 3.57 Å². The van der Waals surface area contributed by atoms with Gasteiger partial charge in [0.05, 0.1) is 5.69 Å². The molecule has 0 fully saturated rings. The summed E-state index contributed by atoms with van der Waals surface area (Å²) in [6.07, 6.45) is 1.24. The van der Waals surface area contributed by atoms with Crippen LogP contribution in [0.15, 0.2) is 16.6 Å². The Morgan fingerprint density at radius 3 is 3.00 bits per heavy atom. The maximum absolute atomic E-state index is 3.58. The summed E-state index contributed by atoms with van der Waals surface area (Å²) in [7, 11) is 0. The van der Waals surface area contributed by atoms with Gasteiger partial charge in [-0.3, -0.25) is 0 Å². The molecule has 1 aromatic rings. The highest BCUT2D eigenvalue weighted by Gasteiger charge is 2.20. The topological polar surface area (TPSA) is 12.0 Å². The maximum Gasteiger partial charge on any atom is 0.0530 e. The van der Waals surface area contributed by atoms with Crippen LogP contribution < -0.4 is 5.32 Å². The molecule has 1 aliphatic rings. The summed E-state index contributed by atoms with van der Waals surface area (Å²) in [6, 6.07) is 4.29. The van der Waals surface area contributed by atoms with Crippen LogP contribution in [0.1, 0.15) is 24.8 Å². The number of nitrogens with one attached hydrogen (secondary N) is 1. The summed E-state index contributed by atoms with van der Waals surface area (Å²) < 4.78 is 2.56. The van der Waals surface area contributed by atoms with Gasteiger partial charge in [-0.15, -0.1) is 0 Å². The van der Waals surface area contributed by atoms with Crippen LogP contribution in [-0.4, -0.2) is 6.54 Å². The van der Waals surface area contributed by atoms with Crippen LogP contribution >= 0.6 is 38.5 Å². The minimum atomic E-state index is 0.681. The molecule has 13 heavy (non-hydrogen) atoms. The summed E-state index contributed by atoms with van der Waals surface area (Å²) in [4.78, 5) is 0. The fourth-order valence-corrected chi connectivity index (χ4v) is 3.25. The zero-order chi connectivity index (χ0) is 9.42. The molecule has 1 nitrogen and oxygen atoms in total. The first-order valence-electron chi connectivity index (χ1n) is 4.42. The molecule has 0 aliphatic carbocycles. The van der Waals surface area contributed by atoms with Crippen LogP contribution in [-0.2, 0) is 0 Å². The standard InChI is InChI=1S/C10H11BrIN/c1-6-4-5-13-10-7(11)2-3-8(12)9(6)10/h2-3,6,13H,4-5H2,1H3. The van der Waals surface area contributed by atoms with E-state index >= 15 is 0 Å². The van der Waals surface area contributed by atoms with Crippen molar-refractivity contribution in [2.24, 2.45) is 0 Å². The molecule has 0 amide bonds. The van der Waals surface area contributed by atoms with Crippen LogP contribution in [0.5, 0.6) is 0 Å². The van der Waals surface area contributed by atoms with Crippen molar-refractivity contribution < 1.29 is 0 Å². The summed E-state index contributed by atoms with van der Waals surface area (Å²) in [5, 5.41) is 3.45. The minimum Gasteiger partial charge on any atom is -0.384 e. The van der Waals surface area contributed by atoms with E-state index in [1.54, 1.807) is 0 Å². The molecule has 2 rings (SSSR count). The van der Waals surface area contributed by atoms with Crippen molar-refractivity contribution in [2.75, 3.05) is 11.9 Å². The lowest BCUT2D eigenvalue weighted by Crippen LogP contribution is -2.16. The molecule has 0 aromatic heterocycles. The molecule has 0 saturated heterocycles. The fourth-order valence-electron chi connectivity index (χ4n) is 1.79. The van der Waals surface area contributed by atoms with E-state index in [0.29, 0.717) is 5.92 Å². The molecule has 1 unspecified atom stereocenters. The van der Waals surface area contributed by atoms with Crippen molar-refractivity contribution >= 4 is 44.2 Å². The van der Waals surface area contributed by atoms with Gasteiger partial charge in [-0.1, -0.05) is 6.92 Å². The molecule has 70 valence electrons. The first-order valence-corrected chi connectivity index (χ1v) is 6.29. The monoisotopic (exact) mass is 351 g/mol. The Balaban J connectivity index is 2.60. The van der Waals surface area contributed by atoms with E-state index in [9.17, 15) is 0 Å². The van der Waals surface area contributed by atoms with Crippen molar-refractivity contribution in [2.45, 2.75) is 19.3 Å². The molecule has 1 N–H and O–H groups in total. The zero-order valence-corrected chi connectivity index (χ0v) is 11.1. The quantitative estimate of drug-likeness (QED) is 0.697. The van der Waals surface area contributed by atoms with Crippen LogP contribution in [0.2, 0.25) is 0 Å². The predicted molar refractivity (Wildman–Crippen MR) is 68.4 cm³/mol.